The van der Waals surface area contributed by atoms with Gasteiger partial charge in [0.25, 0.3) is 11.8 Å². The van der Waals surface area contributed by atoms with Crippen molar-refractivity contribution < 1.29 is 14.3 Å². The molecule has 156 valence electrons. The Morgan fingerprint density at radius 3 is 2.17 bits per heavy atom. The second kappa shape index (κ2) is 7.98. The van der Waals surface area contributed by atoms with Crippen LogP contribution in [0.1, 0.15) is 36.5 Å². The van der Waals surface area contributed by atoms with E-state index in [1.807, 2.05) is 56.3 Å². The highest BCUT2D eigenvalue weighted by molar-refractivity contribution is 6.45. The fourth-order valence-corrected chi connectivity index (χ4v) is 4.16. The zero-order valence-corrected chi connectivity index (χ0v) is 18.1. The van der Waals surface area contributed by atoms with Gasteiger partial charge >= 0.3 is 0 Å². The number of rotatable bonds is 4. The van der Waals surface area contributed by atoms with Crippen LogP contribution >= 0.6 is 0 Å². The number of ether oxygens (including phenoxy) is 1. The van der Waals surface area contributed by atoms with Gasteiger partial charge in [-0.1, -0.05) is 25.1 Å². The molecule has 2 aliphatic heterocycles. The molecule has 5 heteroatoms. The van der Waals surface area contributed by atoms with Crippen LogP contribution in [0.3, 0.4) is 0 Å². The van der Waals surface area contributed by atoms with Crippen molar-refractivity contribution in [1.29, 1.82) is 0 Å². The highest BCUT2D eigenvalue weighted by Crippen LogP contribution is 2.37. The van der Waals surface area contributed by atoms with E-state index in [1.54, 1.807) is 7.11 Å². The monoisotopic (exact) mass is 404 g/mol. The third-order valence-electron chi connectivity index (χ3n) is 6.29. The highest BCUT2D eigenvalue weighted by atomic mass is 16.5. The molecule has 2 amide bonds. The van der Waals surface area contributed by atoms with Crippen molar-refractivity contribution in [2.24, 2.45) is 5.92 Å². The average molecular weight is 405 g/mol. The Morgan fingerprint density at radius 1 is 0.900 bits per heavy atom. The van der Waals surface area contributed by atoms with E-state index in [9.17, 15) is 9.59 Å². The molecule has 0 spiro atoms. The first-order valence-electron chi connectivity index (χ1n) is 10.5. The molecule has 0 saturated carbocycles. The molecule has 2 heterocycles. The van der Waals surface area contributed by atoms with Crippen molar-refractivity contribution in [2.45, 2.75) is 33.6 Å². The fraction of sp³-hybridized carbons (Fsp3) is 0.360. The van der Waals surface area contributed by atoms with Gasteiger partial charge in [0.1, 0.15) is 11.4 Å². The lowest BCUT2D eigenvalue weighted by Gasteiger charge is -2.32. The quantitative estimate of drug-likeness (QED) is 0.712. The normalized spacial score (nSPS) is 17.9. The molecule has 1 fully saturated rings. The average Bonchev–Trinajstić information content (AvgIpc) is 3.01. The molecule has 4 rings (SSSR count). The summed E-state index contributed by atoms with van der Waals surface area (Å²) in [6.45, 7) is 7.83. The Bertz CT molecular complexity index is 1020. The lowest BCUT2D eigenvalue weighted by Crippen LogP contribution is -2.38. The summed E-state index contributed by atoms with van der Waals surface area (Å²) >= 11 is 0. The van der Waals surface area contributed by atoms with Crippen molar-refractivity contribution in [1.82, 2.24) is 4.90 Å². The Balaban J connectivity index is 1.80. The van der Waals surface area contributed by atoms with Crippen LogP contribution in [-0.2, 0) is 9.59 Å². The van der Waals surface area contributed by atoms with Crippen LogP contribution in [0.2, 0.25) is 0 Å². The molecule has 0 bridgehead atoms. The summed E-state index contributed by atoms with van der Waals surface area (Å²) in [7, 11) is 1.61. The van der Waals surface area contributed by atoms with Gasteiger partial charge in [0, 0.05) is 13.1 Å². The zero-order chi connectivity index (χ0) is 21.4. The predicted molar refractivity (Wildman–Crippen MR) is 118 cm³/mol. The van der Waals surface area contributed by atoms with E-state index < -0.39 is 0 Å². The number of carbonyl (C=O) groups excluding carboxylic acids is 2. The third-order valence-corrected chi connectivity index (χ3v) is 6.29. The molecule has 0 aromatic heterocycles. The lowest BCUT2D eigenvalue weighted by atomic mass is 9.97. The summed E-state index contributed by atoms with van der Waals surface area (Å²) in [4.78, 5) is 30.6. The molecule has 0 N–H and O–H groups in total. The summed E-state index contributed by atoms with van der Waals surface area (Å²) in [5, 5.41) is 0. The number of piperidine rings is 1. The van der Waals surface area contributed by atoms with E-state index in [0.29, 0.717) is 22.9 Å². The lowest BCUT2D eigenvalue weighted by molar-refractivity contribution is -0.120. The molecule has 0 atom stereocenters. The van der Waals surface area contributed by atoms with Crippen LogP contribution in [0.25, 0.3) is 5.57 Å². The summed E-state index contributed by atoms with van der Waals surface area (Å²) in [6, 6.07) is 13.1. The maximum atomic E-state index is 13.6. The van der Waals surface area contributed by atoms with Gasteiger partial charge in [-0.25, -0.2) is 4.90 Å². The topological polar surface area (TPSA) is 49.9 Å². The Labute approximate surface area is 177 Å². The van der Waals surface area contributed by atoms with Gasteiger partial charge in [-0.15, -0.1) is 0 Å². The second-order valence-electron chi connectivity index (χ2n) is 8.34. The molecule has 2 aromatic rings. The van der Waals surface area contributed by atoms with Gasteiger partial charge in [0.2, 0.25) is 0 Å². The molecule has 0 aliphatic carbocycles. The van der Waals surface area contributed by atoms with E-state index in [0.717, 1.165) is 48.4 Å². The van der Waals surface area contributed by atoms with Gasteiger partial charge in [-0.2, -0.15) is 0 Å². The molecular weight excluding hydrogens is 376 g/mol. The Hall–Kier alpha value is -3.08. The van der Waals surface area contributed by atoms with Crippen LogP contribution in [0, 0.1) is 19.8 Å². The standard InChI is InChI=1S/C25H28N2O3/c1-16-11-13-26(14-12-16)23-22(19-6-9-21(30-4)10-7-19)24(28)27(25(23)29)20-8-5-17(2)18(3)15-20/h5-10,15-16H,11-14H2,1-4H3. The number of methoxy groups -OCH3 is 1. The maximum Gasteiger partial charge on any atom is 0.282 e. The zero-order valence-electron chi connectivity index (χ0n) is 18.1. The molecule has 1 saturated heterocycles. The van der Waals surface area contributed by atoms with Gasteiger partial charge in [-0.05, 0) is 73.6 Å². The van der Waals surface area contributed by atoms with Gasteiger partial charge in [-0.3, -0.25) is 9.59 Å². The van der Waals surface area contributed by atoms with Crippen molar-refractivity contribution in [3.63, 3.8) is 0 Å². The number of aryl methyl sites for hydroxylation is 2. The van der Waals surface area contributed by atoms with E-state index >= 15 is 0 Å². The van der Waals surface area contributed by atoms with Crippen LogP contribution in [0.15, 0.2) is 48.2 Å². The summed E-state index contributed by atoms with van der Waals surface area (Å²) in [5.41, 5.74) is 4.56. The van der Waals surface area contributed by atoms with Gasteiger partial charge < -0.3 is 9.64 Å². The summed E-state index contributed by atoms with van der Waals surface area (Å²) in [6.07, 6.45) is 2.04. The van der Waals surface area contributed by atoms with Crippen LogP contribution in [0.4, 0.5) is 5.69 Å². The van der Waals surface area contributed by atoms with Crippen molar-refractivity contribution >= 4 is 23.1 Å². The number of hydrogen-bond acceptors (Lipinski definition) is 4. The largest absolute Gasteiger partial charge is 0.497 e. The first kappa shape index (κ1) is 20.2. The summed E-state index contributed by atoms with van der Waals surface area (Å²) in [5.74, 6) is 0.857. The van der Waals surface area contributed by atoms with E-state index in [-0.39, 0.29) is 11.8 Å². The predicted octanol–water partition coefficient (Wildman–Crippen LogP) is 4.33. The molecule has 2 aliphatic rings. The molecule has 0 unspecified atom stereocenters. The number of nitrogens with zero attached hydrogens (tertiary/aromatic N) is 2. The maximum absolute atomic E-state index is 13.6. The Morgan fingerprint density at radius 2 is 1.57 bits per heavy atom. The second-order valence-corrected chi connectivity index (χ2v) is 8.34. The van der Waals surface area contributed by atoms with E-state index in [4.69, 9.17) is 4.74 Å². The van der Waals surface area contributed by atoms with Crippen LogP contribution in [0.5, 0.6) is 5.75 Å². The van der Waals surface area contributed by atoms with Crippen molar-refractivity contribution in [2.75, 3.05) is 25.1 Å². The van der Waals surface area contributed by atoms with Gasteiger partial charge in [0.05, 0.1) is 18.4 Å². The minimum atomic E-state index is -0.262. The number of anilines is 1. The third kappa shape index (κ3) is 3.49. The van der Waals surface area contributed by atoms with Crippen LogP contribution < -0.4 is 9.64 Å². The smallest absolute Gasteiger partial charge is 0.282 e. The molecule has 30 heavy (non-hydrogen) atoms. The van der Waals surface area contributed by atoms with E-state index in [1.165, 1.54) is 4.90 Å². The van der Waals surface area contributed by atoms with Crippen molar-refractivity contribution in [3.05, 3.63) is 64.9 Å². The molecule has 0 radical (unpaired) electrons. The Kier molecular flexibility index (Phi) is 5.37. The van der Waals surface area contributed by atoms with E-state index in [2.05, 4.69) is 11.8 Å². The first-order valence-corrected chi connectivity index (χ1v) is 10.5. The SMILES string of the molecule is COc1ccc(C2=C(N3CCC(C)CC3)C(=O)N(c3ccc(C)c(C)c3)C2=O)cc1. The minimum absolute atomic E-state index is 0.233. The molecule has 5 nitrogen and oxygen atoms in total. The van der Waals surface area contributed by atoms with Crippen molar-refractivity contribution in [3.8, 4) is 5.75 Å². The number of hydrogen-bond donors (Lipinski definition) is 0. The number of imide groups is 1. The number of amides is 2. The fourth-order valence-electron chi connectivity index (χ4n) is 4.16. The summed E-state index contributed by atoms with van der Waals surface area (Å²) < 4.78 is 5.26. The molecular formula is C25H28N2O3. The number of benzene rings is 2. The number of likely N-dealkylation sites (tertiary alicyclic amines) is 1. The molecule has 2 aromatic carbocycles. The minimum Gasteiger partial charge on any atom is -0.497 e. The highest BCUT2D eigenvalue weighted by Gasteiger charge is 2.43. The van der Waals surface area contributed by atoms with Crippen LogP contribution in [-0.4, -0.2) is 36.9 Å². The van der Waals surface area contributed by atoms with Gasteiger partial charge in [0.15, 0.2) is 0 Å². The first-order chi connectivity index (χ1) is 14.4. The number of carbonyl (C=O) groups is 2.